The van der Waals surface area contributed by atoms with E-state index in [1.54, 1.807) is 37.7 Å². The third-order valence-electron chi connectivity index (χ3n) is 4.27. The van der Waals surface area contributed by atoms with Gasteiger partial charge in [0.2, 0.25) is 11.6 Å². The summed E-state index contributed by atoms with van der Waals surface area (Å²) in [4.78, 5) is 24.7. The third-order valence-corrected chi connectivity index (χ3v) is 4.27. The molecule has 1 atom stereocenters. The second-order valence-corrected chi connectivity index (χ2v) is 7.21. The molecule has 0 fully saturated rings. The number of nitrogens with zero attached hydrogens (tertiary/aromatic N) is 4. The molecule has 2 aromatic heterocycles. The summed E-state index contributed by atoms with van der Waals surface area (Å²) in [5.41, 5.74) is 5.73. The normalized spacial score (nSPS) is 12.0. The maximum atomic E-state index is 12.4. The zero-order chi connectivity index (χ0) is 20.3. The highest BCUT2D eigenvalue weighted by atomic mass is 16.5. The highest BCUT2D eigenvalue weighted by molar-refractivity contribution is 5.85. The van der Waals surface area contributed by atoms with E-state index < -0.39 is 11.6 Å². The highest BCUT2D eigenvalue weighted by Crippen LogP contribution is 2.14. The first kappa shape index (κ1) is 25.0. The minimum atomic E-state index is -1.08. The number of fused-ring (bicyclic) bond motifs is 1. The Kier molecular flexibility index (Phi) is 8.44. The van der Waals surface area contributed by atoms with Gasteiger partial charge in [0.25, 0.3) is 5.56 Å². The van der Waals surface area contributed by atoms with Gasteiger partial charge in [-0.25, -0.2) is 0 Å². The number of carbonyl (C=O) groups excluding carboxylic acids is 1. The first-order valence-corrected chi connectivity index (χ1v) is 8.89. The molecule has 0 saturated heterocycles. The van der Waals surface area contributed by atoms with E-state index in [0.717, 1.165) is 5.56 Å². The number of hydrogen-bond acceptors (Lipinski definition) is 6. The molecular formula is C21H32N6O3. The number of ether oxygens (including phenoxy) is 1. The van der Waals surface area contributed by atoms with E-state index >= 15 is 0 Å². The van der Waals surface area contributed by atoms with Crippen molar-refractivity contribution in [2.24, 2.45) is 12.8 Å². The zero-order valence-corrected chi connectivity index (χ0v) is 16.1. The quantitative estimate of drug-likeness (QED) is 0.607. The number of carbonyl (C=O) groups is 1. The number of nitrogens with two attached hydrogens (primary N) is 1. The lowest BCUT2D eigenvalue weighted by Crippen LogP contribution is -2.51. The third kappa shape index (κ3) is 5.52. The van der Waals surface area contributed by atoms with Gasteiger partial charge in [-0.1, -0.05) is 45.2 Å². The Labute approximate surface area is 176 Å². The van der Waals surface area contributed by atoms with Crippen molar-refractivity contribution in [1.29, 1.82) is 0 Å². The summed E-state index contributed by atoms with van der Waals surface area (Å²) in [6.07, 6.45) is 3.29. The van der Waals surface area contributed by atoms with Gasteiger partial charge in [0.15, 0.2) is 5.82 Å². The van der Waals surface area contributed by atoms with Gasteiger partial charge < -0.3 is 20.4 Å². The molecular weight excluding hydrogens is 384 g/mol. The minimum absolute atomic E-state index is 0. The van der Waals surface area contributed by atoms with E-state index in [1.807, 2.05) is 30.3 Å². The van der Waals surface area contributed by atoms with Crippen LogP contribution in [0.25, 0.3) is 5.65 Å². The van der Waals surface area contributed by atoms with Crippen LogP contribution >= 0.6 is 0 Å². The molecule has 1 aromatic carbocycles. The molecule has 164 valence electrons. The number of benzene rings is 1. The van der Waals surface area contributed by atoms with Gasteiger partial charge >= 0.3 is 0 Å². The van der Waals surface area contributed by atoms with Gasteiger partial charge in [-0.2, -0.15) is 0 Å². The van der Waals surface area contributed by atoms with Crippen LogP contribution in [-0.2, 0) is 23.2 Å². The molecule has 9 heteroatoms. The second-order valence-electron chi connectivity index (χ2n) is 7.21. The van der Waals surface area contributed by atoms with Crippen LogP contribution in [0.15, 0.2) is 47.5 Å². The fraction of sp³-hybridized carbons (Fsp3) is 0.429. The van der Waals surface area contributed by atoms with Crippen molar-refractivity contribution in [3.05, 3.63) is 64.5 Å². The lowest BCUT2D eigenvalue weighted by molar-refractivity contribution is -0.126. The molecule has 0 saturated carbocycles. The summed E-state index contributed by atoms with van der Waals surface area (Å²) in [7, 11) is 1.63. The minimum Gasteiger partial charge on any atom is -0.374 e. The van der Waals surface area contributed by atoms with Crippen LogP contribution in [-0.4, -0.2) is 37.2 Å². The van der Waals surface area contributed by atoms with E-state index in [0.29, 0.717) is 12.4 Å². The number of hydrogen-bond donors (Lipinski definition) is 2. The van der Waals surface area contributed by atoms with Crippen LogP contribution in [0.5, 0.6) is 0 Å². The largest absolute Gasteiger partial charge is 0.374 e. The lowest BCUT2D eigenvalue weighted by Gasteiger charge is -2.23. The summed E-state index contributed by atoms with van der Waals surface area (Å²) in [5.74, 6) is 0.0414. The Morgan fingerprint density at radius 2 is 1.87 bits per heavy atom. The SMILES string of the molecule is C.C.Cn1ccn2c([C@@H](COCc3ccccc3)NC(=O)C(C)(C)N)nnc2c1=O. The molecule has 0 aliphatic rings. The smallest absolute Gasteiger partial charge is 0.295 e. The predicted octanol–water partition coefficient (Wildman–Crippen LogP) is 1.81. The number of nitrogens with one attached hydrogen (secondary N) is 1. The maximum absolute atomic E-state index is 12.4. The first-order valence-electron chi connectivity index (χ1n) is 8.89. The van der Waals surface area contributed by atoms with Gasteiger partial charge in [0.1, 0.15) is 6.04 Å². The molecule has 9 nitrogen and oxygen atoms in total. The summed E-state index contributed by atoms with van der Waals surface area (Å²) in [6, 6.07) is 9.06. The van der Waals surface area contributed by atoms with Crippen molar-refractivity contribution in [2.75, 3.05) is 6.61 Å². The fourth-order valence-electron chi connectivity index (χ4n) is 2.62. The average Bonchev–Trinajstić information content (AvgIpc) is 3.08. The molecule has 3 N–H and O–H groups in total. The van der Waals surface area contributed by atoms with Crippen LogP contribution in [0.3, 0.4) is 0 Å². The van der Waals surface area contributed by atoms with Crippen molar-refractivity contribution in [2.45, 2.75) is 46.9 Å². The number of amides is 1. The Hall–Kier alpha value is -3.04. The topological polar surface area (TPSA) is 117 Å². The van der Waals surface area contributed by atoms with Gasteiger partial charge in [-0.05, 0) is 19.4 Å². The van der Waals surface area contributed by atoms with Gasteiger partial charge in [-0.15, -0.1) is 10.2 Å². The molecule has 3 aromatic rings. The summed E-state index contributed by atoms with van der Waals surface area (Å²) in [6.45, 7) is 3.74. The van der Waals surface area contributed by atoms with Crippen molar-refractivity contribution in [1.82, 2.24) is 24.5 Å². The molecule has 0 bridgehead atoms. The Bertz CT molecular complexity index is 1020. The van der Waals surface area contributed by atoms with Crippen LogP contribution in [0.2, 0.25) is 0 Å². The van der Waals surface area contributed by atoms with Crippen LogP contribution in [0.1, 0.15) is 46.1 Å². The van der Waals surface area contributed by atoms with Crippen molar-refractivity contribution in [3.63, 3.8) is 0 Å². The average molecular weight is 417 g/mol. The Balaban J connectivity index is 0.00000225. The Morgan fingerprint density at radius 3 is 2.50 bits per heavy atom. The Morgan fingerprint density at radius 1 is 1.20 bits per heavy atom. The predicted molar refractivity (Wildman–Crippen MR) is 117 cm³/mol. The molecule has 1 amide bonds. The molecule has 0 radical (unpaired) electrons. The zero-order valence-electron chi connectivity index (χ0n) is 16.1. The summed E-state index contributed by atoms with van der Waals surface area (Å²) in [5, 5.41) is 11.0. The van der Waals surface area contributed by atoms with Crippen molar-refractivity contribution < 1.29 is 9.53 Å². The van der Waals surface area contributed by atoms with Crippen LogP contribution < -0.4 is 16.6 Å². The van der Waals surface area contributed by atoms with E-state index in [-0.39, 0.29) is 38.6 Å². The van der Waals surface area contributed by atoms with Gasteiger partial charge in [-0.3, -0.25) is 14.0 Å². The van der Waals surface area contributed by atoms with E-state index in [9.17, 15) is 9.59 Å². The fourth-order valence-corrected chi connectivity index (χ4v) is 2.62. The monoisotopic (exact) mass is 416 g/mol. The standard InChI is InChI=1S/C19H24N6O3.2CH4/c1-19(2,20)18(27)21-14(12-28-11-13-7-5-4-6-8-13)15-22-23-16-17(26)24(3)9-10-25(15)16;;/h4-10,14H,11-12,20H2,1-3H3,(H,21,27);2*1H4/t14-;;/m1../s1. The molecule has 3 rings (SSSR count). The molecule has 0 aliphatic heterocycles. The van der Waals surface area contributed by atoms with E-state index in [1.165, 1.54) is 4.57 Å². The van der Waals surface area contributed by atoms with Gasteiger partial charge in [0, 0.05) is 19.4 Å². The first-order chi connectivity index (χ1) is 13.3. The second kappa shape index (κ2) is 10.1. The molecule has 2 heterocycles. The van der Waals surface area contributed by atoms with Crippen molar-refractivity contribution >= 4 is 11.6 Å². The number of aromatic nitrogens is 4. The lowest BCUT2D eigenvalue weighted by atomic mass is 10.1. The summed E-state index contributed by atoms with van der Waals surface area (Å²) < 4.78 is 8.77. The molecule has 30 heavy (non-hydrogen) atoms. The van der Waals surface area contributed by atoms with Crippen LogP contribution in [0.4, 0.5) is 0 Å². The summed E-state index contributed by atoms with van der Waals surface area (Å²) >= 11 is 0. The molecule has 0 unspecified atom stereocenters. The number of aryl methyl sites for hydroxylation is 1. The van der Waals surface area contributed by atoms with Crippen molar-refractivity contribution in [3.8, 4) is 0 Å². The maximum Gasteiger partial charge on any atom is 0.295 e. The molecule has 0 aliphatic carbocycles. The number of rotatable bonds is 7. The van der Waals surface area contributed by atoms with Crippen LogP contribution in [0, 0.1) is 0 Å². The highest BCUT2D eigenvalue weighted by Gasteiger charge is 2.28. The van der Waals surface area contributed by atoms with E-state index in [4.69, 9.17) is 10.5 Å². The van der Waals surface area contributed by atoms with E-state index in [2.05, 4.69) is 15.5 Å². The molecule has 0 spiro atoms. The van der Waals surface area contributed by atoms with Gasteiger partial charge in [0.05, 0.1) is 18.8 Å².